The fraction of sp³-hybridized carbons (Fsp3) is 0.265. The number of aliphatic hydroxyl groups is 1. The van der Waals surface area contributed by atoms with Crippen molar-refractivity contribution in [3.63, 3.8) is 0 Å². The van der Waals surface area contributed by atoms with Gasteiger partial charge in [0.2, 0.25) is 6.29 Å². The van der Waals surface area contributed by atoms with Gasteiger partial charge in [0.05, 0.1) is 32.0 Å². The Bertz CT molecular complexity index is 1320. The summed E-state index contributed by atoms with van der Waals surface area (Å²) in [6.07, 6.45) is -4.87. The minimum Gasteiger partial charge on any atom is -0.429 e. The van der Waals surface area contributed by atoms with Crippen molar-refractivity contribution in [2.24, 2.45) is 0 Å². The quantitative estimate of drug-likeness (QED) is 0.238. The zero-order chi connectivity index (χ0) is 28.3. The summed E-state index contributed by atoms with van der Waals surface area (Å²) in [5, 5.41) is 11.4. The molecule has 212 valence electrons. The summed E-state index contributed by atoms with van der Waals surface area (Å²) in [5.74, 6) is -0.607. The number of hydrogen-bond donors (Lipinski definition) is 1. The molecule has 7 heteroatoms. The average Bonchev–Trinajstić information content (AvgIpc) is 3.03. The van der Waals surface area contributed by atoms with Gasteiger partial charge in [0.25, 0.3) is 0 Å². The van der Waals surface area contributed by atoms with Gasteiger partial charge in [-0.15, -0.1) is 0 Å². The van der Waals surface area contributed by atoms with Crippen molar-refractivity contribution in [3.05, 3.63) is 144 Å². The van der Waals surface area contributed by atoms with Crippen LogP contribution in [0.25, 0.3) is 0 Å². The molecule has 0 radical (unpaired) electrons. The van der Waals surface area contributed by atoms with Crippen molar-refractivity contribution in [1.82, 2.24) is 0 Å². The van der Waals surface area contributed by atoms with Crippen LogP contribution in [0.5, 0.6) is 0 Å². The number of carbonyl (C=O) groups excluding carboxylic acids is 1. The van der Waals surface area contributed by atoms with E-state index in [0.717, 1.165) is 16.7 Å². The van der Waals surface area contributed by atoms with E-state index in [2.05, 4.69) is 0 Å². The number of esters is 1. The second kappa shape index (κ2) is 14.7. The molecule has 41 heavy (non-hydrogen) atoms. The van der Waals surface area contributed by atoms with E-state index in [4.69, 9.17) is 23.7 Å². The van der Waals surface area contributed by atoms with Crippen molar-refractivity contribution in [2.45, 2.75) is 50.5 Å². The van der Waals surface area contributed by atoms with Gasteiger partial charge in [0, 0.05) is 0 Å². The van der Waals surface area contributed by atoms with E-state index in [9.17, 15) is 9.90 Å². The van der Waals surface area contributed by atoms with E-state index in [0.29, 0.717) is 12.2 Å². The maximum absolute atomic E-state index is 12.9. The summed E-state index contributed by atoms with van der Waals surface area (Å²) in [5.41, 5.74) is 3.26. The van der Waals surface area contributed by atoms with E-state index in [1.54, 1.807) is 24.3 Å². The van der Waals surface area contributed by atoms with E-state index < -0.39 is 36.7 Å². The first-order chi connectivity index (χ1) is 20.2. The maximum atomic E-state index is 12.9. The molecule has 4 aromatic rings. The average molecular weight is 555 g/mol. The lowest BCUT2D eigenvalue weighted by Crippen LogP contribution is -2.61. The fourth-order valence-corrected chi connectivity index (χ4v) is 4.67. The van der Waals surface area contributed by atoms with Gasteiger partial charge in [-0.25, -0.2) is 4.79 Å². The topological polar surface area (TPSA) is 83.5 Å². The SMILES string of the molecule is O=C(O[C@H]1O[C@H](COCc2ccccc2)[C@@H](OCc2ccccc2)[C@H](OCc2ccccc2)[C@H]1O)c1ccccc1. The number of hydrogen-bond acceptors (Lipinski definition) is 7. The molecule has 1 fully saturated rings. The second-order valence-electron chi connectivity index (χ2n) is 9.83. The number of carbonyl (C=O) groups is 1. The Morgan fingerprint density at radius 1 is 0.634 bits per heavy atom. The Labute approximate surface area is 240 Å². The predicted molar refractivity (Wildman–Crippen MR) is 153 cm³/mol. The lowest BCUT2D eigenvalue weighted by molar-refractivity contribution is -0.305. The van der Waals surface area contributed by atoms with Gasteiger partial charge >= 0.3 is 5.97 Å². The van der Waals surface area contributed by atoms with Gasteiger partial charge in [0.15, 0.2) is 0 Å². The van der Waals surface area contributed by atoms with Crippen LogP contribution in [0.1, 0.15) is 27.0 Å². The number of aliphatic hydroxyl groups excluding tert-OH is 1. The van der Waals surface area contributed by atoms with Crippen LogP contribution < -0.4 is 0 Å². The number of benzene rings is 4. The molecule has 5 rings (SSSR count). The van der Waals surface area contributed by atoms with Crippen LogP contribution in [0.4, 0.5) is 0 Å². The molecule has 0 bridgehead atoms. The molecule has 4 aromatic carbocycles. The highest BCUT2D eigenvalue weighted by Gasteiger charge is 2.48. The zero-order valence-corrected chi connectivity index (χ0v) is 22.7. The monoisotopic (exact) mass is 554 g/mol. The maximum Gasteiger partial charge on any atom is 0.340 e. The fourth-order valence-electron chi connectivity index (χ4n) is 4.67. The molecule has 1 aliphatic rings. The van der Waals surface area contributed by atoms with Crippen molar-refractivity contribution in [1.29, 1.82) is 0 Å². The van der Waals surface area contributed by atoms with E-state index in [-0.39, 0.29) is 19.8 Å². The third-order valence-corrected chi connectivity index (χ3v) is 6.81. The van der Waals surface area contributed by atoms with Crippen molar-refractivity contribution >= 4 is 5.97 Å². The van der Waals surface area contributed by atoms with Crippen LogP contribution in [0.2, 0.25) is 0 Å². The third-order valence-electron chi connectivity index (χ3n) is 6.81. The molecule has 1 saturated heterocycles. The largest absolute Gasteiger partial charge is 0.429 e. The summed E-state index contributed by atoms with van der Waals surface area (Å²) in [6, 6.07) is 37.8. The van der Waals surface area contributed by atoms with Crippen LogP contribution in [0.15, 0.2) is 121 Å². The Balaban J connectivity index is 1.37. The van der Waals surface area contributed by atoms with Gasteiger partial charge < -0.3 is 28.8 Å². The Kier molecular flexibility index (Phi) is 10.3. The summed E-state index contributed by atoms with van der Waals surface area (Å²) >= 11 is 0. The summed E-state index contributed by atoms with van der Waals surface area (Å²) in [7, 11) is 0. The standard InChI is InChI=1S/C34H34O7/c35-30-32(39-23-27-17-9-3-10-18-27)31(38-22-26-15-7-2-8-16-26)29(24-37-21-25-13-5-1-6-14-25)40-34(30)41-33(36)28-19-11-4-12-20-28/h1-20,29-32,34-35H,21-24H2/t29-,30-,31-,32-,34-/m1/s1. The molecular weight excluding hydrogens is 520 g/mol. The molecule has 1 heterocycles. The van der Waals surface area contributed by atoms with Crippen molar-refractivity contribution < 1.29 is 33.6 Å². The molecular formula is C34H34O7. The first kappa shape index (κ1) is 28.7. The van der Waals surface area contributed by atoms with Crippen molar-refractivity contribution in [3.8, 4) is 0 Å². The Morgan fingerprint density at radius 2 is 1.10 bits per heavy atom. The van der Waals surface area contributed by atoms with Gasteiger partial charge in [0.1, 0.15) is 24.4 Å². The molecule has 1 N–H and O–H groups in total. The first-order valence-corrected chi connectivity index (χ1v) is 13.7. The molecule has 0 saturated carbocycles. The lowest BCUT2D eigenvalue weighted by Gasteiger charge is -2.43. The summed E-state index contributed by atoms with van der Waals surface area (Å²) in [4.78, 5) is 12.9. The predicted octanol–water partition coefficient (Wildman–Crippen LogP) is 5.32. The van der Waals surface area contributed by atoms with Crippen LogP contribution in [0, 0.1) is 0 Å². The highest BCUT2D eigenvalue weighted by atomic mass is 16.7. The highest BCUT2D eigenvalue weighted by Crippen LogP contribution is 2.29. The van der Waals surface area contributed by atoms with Gasteiger partial charge in [-0.1, -0.05) is 109 Å². The highest BCUT2D eigenvalue weighted by molar-refractivity contribution is 5.89. The minimum atomic E-state index is -1.31. The summed E-state index contributed by atoms with van der Waals surface area (Å²) < 4.78 is 30.6. The van der Waals surface area contributed by atoms with Crippen LogP contribution in [0.3, 0.4) is 0 Å². The van der Waals surface area contributed by atoms with Crippen LogP contribution >= 0.6 is 0 Å². The second-order valence-corrected chi connectivity index (χ2v) is 9.83. The normalized spacial score (nSPS) is 22.2. The molecule has 0 spiro atoms. The van der Waals surface area contributed by atoms with Gasteiger partial charge in [-0.3, -0.25) is 0 Å². The first-order valence-electron chi connectivity index (χ1n) is 13.7. The Hall–Kier alpha value is -3.85. The zero-order valence-electron chi connectivity index (χ0n) is 22.7. The lowest BCUT2D eigenvalue weighted by atomic mass is 9.98. The number of rotatable bonds is 12. The molecule has 5 atom stereocenters. The molecule has 0 unspecified atom stereocenters. The minimum absolute atomic E-state index is 0.131. The van der Waals surface area contributed by atoms with E-state index >= 15 is 0 Å². The molecule has 0 amide bonds. The molecule has 1 aliphatic heterocycles. The van der Waals surface area contributed by atoms with Gasteiger partial charge in [-0.05, 0) is 28.8 Å². The van der Waals surface area contributed by atoms with Gasteiger partial charge in [-0.2, -0.15) is 0 Å². The van der Waals surface area contributed by atoms with Crippen LogP contribution in [-0.2, 0) is 43.5 Å². The van der Waals surface area contributed by atoms with E-state index in [1.165, 1.54) is 0 Å². The Morgan fingerprint density at radius 3 is 1.63 bits per heavy atom. The van der Waals surface area contributed by atoms with Crippen molar-refractivity contribution in [2.75, 3.05) is 6.61 Å². The number of ether oxygens (including phenoxy) is 5. The van der Waals surface area contributed by atoms with E-state index in [1.807, 2.05) is 97.1 Å². The molecule has 0 aliphatic carbocycles. The molecule has 0 aromatic heterocycles. The smallest absolute Gasteiger partial charge is 0.340 e. The van der Waals surface area contributed by atoms with Crippen LogP contribution in [-0.4, -0.2) is 48.4 Å². The summed E-state index contributed by atoms with van der Waals surface area (Å²) in [6.45, 7) is 0.992. The molecule has 7 nitrogen and oxygen atoms in total. The third kappa shape index (κ3) is 8.10.